The molecule has 300 valence electrons. The van der Waals surface area contributed by atoms with Gasteiger partial charge in [-0.15, -0.1) is 11.3 Å². The number of halogens is 3. The summed E-state index contributed by atoms with van der Waals surface area (Å²) in [6, 6.07) is 2.42. The number of hydrogen-bond acceptors (Lipinski definition) is 11. The van der Waals surface area contributed by atoms with Crippen molar-refractivity contribution in [3.8, 4) is 12.1 Å². The van der Waals surface area contributed by atoms with Crippen LogP contribution in [0.25, 0.3) is 22.3 Å². The van der Waals surface area contributed by atoms with Gasteiger partial charge in [0.25, 0.3) is 0 Å². The maximum absolute atomic E-state index is 18.0. The normalized spacial score (nSPS) is 24.7. The third-order valence-corrected chi connectivity index (χ3v) is 13.6. The summed E-state index contributed by atoms with van der Waals surface area (Å²) in [7, 11) is 0. The molecule has 2 bridgehead atoms. The van der Waals surface area contributed by atoms with E-state index in [1.165, 1.54) is 6.08 Å². The fraction of sp³-hybridized carbons (Fsp3) is 0.595. The number of nitrogens with two attached hydrogens (primary N) is 1. The highest BCUT2D eigenvalue weighted by molar-refractivity contribution is 7.17. The number of benzene rings is 1. The van der Waals surface area contributed by atoms with Crippen LogP contribution in [-0.4, -0.2) is 95.1 Å². The minimum absolute atomic E-state index is 0.0752. The summed E-state index contributed by atoms with van der Waals surface area (Å²) in [6.07, 6.45) is 5.73. The molecule has 14 heteroatoms. The zero-order valence-electron chi connectivity index (χ0n) is 32.8. The van der Waals surface area contributed by atoms with E-state index in [4.69, 9.17) is 25.2 Å². The Labute approximate surface area is 330 Å². The number of aliphatic hydroxyl groups excluding tert-OH is 1. The van der Waals surface area contributed by atoms with Crippen molar-refractivity contribution in [2.75, 3.05) is 56.5 Å². The van der Waals surface area contributed by atoms with Gasteiger partial charge in [0.15, 0.2) is 5.82 Å². The van der Waals surface area contributed by atoms with Crippen molar-refractivity contribution in [1.29, 1.82) is 5.26 Å². The molecule has 6 heterocycles. The summed E-state index contributed by atoms with van der Waals surface area (Å²) in [5.41, 5.74) is 9.49. The van der Waals surface area contributed by atoms with E-state index in [0.717, 1.165) is 80.8 Å². The fourth-order valence-electron chi connectivity index (χ4n) is 9.55. The lowest BCUT2D eigenvalue weighted by molar-refractivity contribution is 0.0973. The number of hydrogen-bond donors (Lipinski definition) is 2. The van der Waals surface area contributed by atoms with E-state index < -0.39 is 23.9 Å². The van der Waals surface area contributed by atoms with Crippen LogP contribution < -0.4 is 15.4 Å². The molecule has 10 nitrogen and oxygen atoms in total. The number of piperazine rings is 1. The Kier molecular flexibility index (Phi) is 10.9. The molecule has 4 unspecified atom stereocenters. The number of nitrogen functional groups attached to an aromatic ring is 1. The van der Waals surface area contributed by atoms with E-state index in [1.54, 1.807) is 13.8 Å². The van der Waals surface area contributed by atoms with E-state index in [2.05, 4.69) is 20.8 Å². The Morgan fingerprint density at radius 3 is 2.52 bits per heavy atom. The molecular formula is C42H52F3N7O3S. The Hall–Kier alpha value is -3.74. The molecule has 8 rings (SSSR count). The van der Waals surface area contributed by atoms with E-state index >= 15 is 8.78 Å². The molecule has 0 spiro atoms. The molecule has 3 aromatic rings. The number of β-amino-alcohol motifs (C(OH)–C–C–N with tert-alkyl or cyclic N) is 1. The second-order valence-corrected chi connectivity index (χ2v) is 17.7. The van der Waals surface area contributed by atoms with Gasteiger partial charge in [-0.05, 0) is 89.0 Å². The largest absolute Gasteiger partial charge is 0.463 e. The van der Waals surface area contributed by atoms with Gasteiger partial charge in [-0.1, -0.05) is 18.6 Å². The first kappa shape index (κ1) is 39.1. The zero-order chi connectivity index (χ0) is 39.5. The number of piperidine rings is 1. The minimum Gasteiger partial charge on any atom is -0.463 e. The predicted octanol–water partition coefficient (Wildman–Crippen LogP) is 7.50. The third-order valence-electron chi connectivity index (χ3n) is 12.5. The molecule has 3 saturated heterocycles. The summed E-state index contributed by atoms with van der Waals surface area (Å²) in [4.78, 5) is 17.0. The topological polar surface area (TPSA) is 124 Å². The van der Waals surface area contributed by atoms with Crippen molar-refractivity contribution in [2.45, 2.75) is 110 Å². The van der Waals surface area contributed by atoms with Crippen LogP contribution in [0.5, 0.6) is 6.01 Å². The summed E-state index contributed by atoms with van der Waals surface area (Å²) in [5, 5.41) is 21.3. The molecule has 1 aromatic carbocycles. The van der Waals surface area contributed by atoms with E-state index in [9.17, 15) is 14.8 Å². The lowest BCUT2D eigenvalue weighted by Gasteiger charge is -2.42. The highest BCUT2D eigenvalue weighted by Crippen LogP contribution is 2.51. The Morgan fingerprint density at radius 1 is 1.14 bits per heavy atom. The van der Waals surface area contributed by atoms with Crippen molar-refractivity contribution in [3.05, 3.63) is 50.2 Å². The van der Waals surface area contributed by atoms with E-state index in [-0.39, 0.29) is 68.8 Å². The Morgan fingerprint density at radius 2 is 1.88 bits per heavy atom. The molecule has 0 amide bonds. The minimum atomic E-state index is -0.818. The molecule has 4 aliphatic heterocycles. The number of nitriles is 1. The van der Waals surface area contributed by atoms with E-state index in [0.29, 0.717) is 54.9 Å². The highest BCUT2D eigenvalue weighted by atomic mass is 32.1. The first-order valence-corrected chi connectivity index (χ1v) is 20.9. The van der Waals surface area contributed by atoms with Gasteiger partial charge in [0.1, 0.15) is 34.4 Å². The number of aliphatic hydroxyl groups is 1. The van der Waals surface area contributed by atoms with Crippen LogP contribution in [0.1, 0.15) is 105 Å². The fourth-order valence-corrected chi connectivity index (χ4v) is 10.5. The lowest BCUT2D eigenvalue weighted by atomic mass is 9.84. The summed E-state index contributed by atoms with van der Waals surface area (Å²) in [5.74, 6) is -0.539. The van der Waals surface area contributed by atoms with Gasteiger partial charge in [-0.25, -0.2) is 13.2 Å². The van der Waals surface area contributed by atoms with Crippen LogP contribution in [0.2, 0.25) is 0 Å². The van der Waals surface area contributed by atoms with Gasteiger partial charge in [0, 0.05) is 61.3 Å². The third kappa shape index (κ3) is 7.08. The lowest BCUT2D eigenvalue weighted by Crippen LogP contribution is -2.55. The Bertz CT molecular complexity index is 2110. The first-order valence-electron chi connectivity index (χ1n) is 20.1. The van der Waals surface area contributed by atoms with Gasteiger partial charge in [-0.2, -0.15) is 15.2 Å². The molecule has 2 aromatic heterocycles. The maximum Gasteiger partial charge on any atom is 0.319 e. The number of rotatable bonds is 12. The number of likely N-dealkylation sites (tertiary alicyclic amines) is 2. The first-order chi connectivity index (χ1) is 26.9. The van der Waals surface area contributed by atoms with Crippen LogP contribution in [0.4, 0.5) is 24.0 Å². The van der Waals surface area contributed by atoms with Gasteiger partial charge in [0.2, 0.25) is 0 Å². The quantitative estimate of drug-likeness (QED) is 0.191. The average Bonchev–Trinajstić information content (AvgIpc) is 3.46. The smallest absolute Gasteiger partial charge is 0.319 e. The molecule has 56 heavy (non-hydrogen) atoms. The number of alkyl halides is 1. The summed E-state index contributed by atoms with van der Waals surface area (Å²) >= 11 is 0.982. The standard InChI is InChI=1S/C42H52F3N7O3S/c1-5-23(3)32(34-28(14-46)39(47)56-38(34)31(44)6-2)33-29-19-54-20-30(29)35-37(36(33)45)48-41(55-22-42(11-12-42)21-50-13-7-8-25(43)16-50)49-40(35)52-26-9-10-27(52)18-51(17-26)15-24(4)53/h6,24-27,53H,5,7-13,15-22,47H2,1-4H3/b31-6+,32-23?. The SMILES string of the molecule is C/C=C(/F)c1sc(N)c(C#N)c1C(=C(C)CC)c1c2c(c3c(N4C5CCC4CN(CC(C)O)C5)nc(OCC4(CN5CCCC(F)C5)CC4)nc3c1F)COC2. The molecular weight excluding hydrogens is 740 g/mol. The Balaban J connectivity index is 1.29. The number of thiophene rings is 1. The maximum atomic E-state index is 18.0. The van der Waals surface area contributed by atoms with Gasteiger partial charge in [0.05, 0.1) is 41.8 Å². The van der Waals surface area contributed by atoms with Gasteiger partial charge in [-0.3, -0.25) is 9.80 Å². The van der Waals surface area contributed by atoms with E-state index in [1.807, 2.05) is 13.8 Å². The summed E-state index contributed by atoms with van der Waals surface area (Å²) in [6.45, 7) is 11.9. The van der Waals surface area contributed by atoms with Gasteiger partial charge >= 0.3 is 6.01 Å². The molecule has 4 atom stereocenters. The van der Waals surface area contributed by atoms with Crippen molar-refractivity contribution >= 4 is 44.5 Å². The van der Waals surface area contributed by atoms with Crippen LogP contribution in [0, 0.1) is 22.6 Å². The summed E-state index contributed by atoms with van der Waals surface area (Å²) < 4.78 is 60.6. The van der Waals surface area contributed by atoms with Crippen LogP contribution in [0.3, 0.4) is 0 Å². The second kappa shape index (κ2) is 15.5. The molecule has 1 saturated carbocycles. The van der Waals surface area contributed by atoms with Gasteiger partial charge < -0.3 is 25.2 Å². The number of nitrogens with zero attached hydrogens (tertiary/aromatic N) is 6. The average molecular weight is 792 g/mol. The second-order valence-electron chi connectivity index (χ2n) is 16.6. The molecule has 4 fully saturated rings. The number of anilines is 2. The number of ether oxygens (including phenoxy) is 2. The molecule has 0 radical (unpaired) electrons. The molecule has 5 aliphatic rings. The monoisotopic (exact) mass is 791 g/mol. The predicted molar refractivity (Wildman–Crippen MR) is 213 cm³/mol. The van der Waals surface area contributed by atoms with Crippen molar-refractivity contribution in [1.82, 2.24) is 19.8 Å². The highest BCUT2D eigenvalue weighted by Gasteiger charge is 2.47. The van der Waals surface area contributed by atoms with Crippen molar-refractivity contribution in [2.24, 2.45) is 5.41 Å². The van der Waals surface area contributed by atoms with Crippen molar-refractivity contribution < 1.29 is 27.8 Å². The zero-order valence-corrected chi connectivity index (χ0v) is 33.6. The number of allylic oxidation sites excluding steroid dienone is 2. The number of fused-ring (bicyclic) bond motifs is 5. The van der Waals surface area contributed by atoms with Crippen LogP contribution >= 0.6 is 11.3 Å². The molecule has 3 N–H and O–H groups in total. The van der Waals surface area contributed by atoms with Crippen LogP contribution in [0.15, 0.2) is 11.6 Å². The van der Waals surface area contributed by atoms with Crippen LogP contribution in [-0.2, 0) is 18.0 Å². The van der Waals surface area contributed by atoms with Crippen molar-refractivity contribution in [3.63, 3.8) is 0 Å². The molecule has 1 aliphatic carbocycles. The number of aromatic nitrogens is 2.